The third kappa shape index (κ3) is 1.78. The lowest BCUT2D eigenvalue weighted by Gasteiger charge is -2.18. The van der Waals surface area contributed by atoms with Gasteiger partial charge in [0.15, 0.2) is 0 Å². The van der Waals surface area contributed by atoms with Gasteiger partial charge in [0.2, 0.25) is 0 Å². The van der Waals surface area contributed by atoms with Gasteiger partial charge in [-0.3, -0.25) is 0 Å². The molecule has 1 aliphatic heterocycles. The molecule has 0 radical (unpaired) electrons. The molecule has 1 aliphatic rings. The van der Waals surface area contributed by atoms with E-state index in [1.807, 2.05) is 28.4 Å². The van der Waals surface area contributed by atoms with Crippen molar-refractivity contribution in [3.8, 4) is 5.75 Å². The number of aromatic nitrogens is 2. The molecule has 1 unspecified atom stereocenters. The molecule has 4 heteroatoms. The van der Waals surface area contributed by atoms with E-state index in [1.54, 1.807) is 12.3 Å². The number of fused-ring (bicyclic) bond motifs is 1. The smallest absolute Gasteiger partial charge is 0.137 e. The molecule has 0 saturated carbocycles. The molecule has 0 spiro atoms. The molecule has 0 amide bonds. The van der Waals surface area contributed by atoms with Crippen LogP contribution in [-0.4, -0.2) is 26.0 Å². The first-order valence-electron chi connectivity index (χ1n) is 5.58. The predicted molar refractivity (Wildman–Crippen MR) is 66.2 cm³/mol. The standard InChI is InChI=1S/C12H14N2OS/c15-10-3-4-12-13-11(7-14(12)6-10)9-2-1-5-16-8-9/h3-4,6-7,9,15H,1-2,5,8H2. The van der Waals surface area contributed by atoms with Crippen LogP contribution >= 0.6 is 11.8 Å². The summed E-state index contributed by atoms with van der Waals surface area (Å²) in [6.45, 7) is 0. The Morgan fingerprint density at radius 1 is 1.38 bits per heavy atom. The molecule has 3 nitrogen and oxygen atoms in total. The number of imidazole rings is 1. The van der Waals surface area contributed by atoms with E-state index in [2.05, 4.69) is 4.98 Å². The highest BCUT2D eigenvalue weighted by molar-refractivity contribution is 7.99. The van der Waals surface area contributed by atoms with E-state index in [-0.39, 0.29) is 5.75 Å². The molecular formula is C12H14N2OS. The van der Waals surface area contributed by atoms with Gasteiger partial charge in [-0.05, 0) is 30.7 Å². The molecule has 3 rings (SSSR count). The SMILES string of the molecule is Oc1ccc2nc(C3CCCSC3)cn2c1. The van der Waals surface area contributed by atoms with Crippen LogP contribution in [0.15, 0.2) is 24.5 Å². The normalized spacial score (nSPS) is 21.4. The summed E-state index contributed by atoms with van der Waals surface area (Å²) >= 11 is 2.01. The zero-order valence-electron chi connectivity index (χ0n) is 8.97. The van der Waals surface area contributed by atoms with Crippen LogP contribution in [0.2, 0.25) is 0 Å². The van der Waals surface area contributed by atoms with Crippen LogP contribution < -0.4 is 0 Å². The van der Waals surface area contributed by atoms with E-state index in [9.17, 15) is 5.11 Å². The third-order valence-electron chi connectivity index (χ3n) is 3.03. The van der Waals surface area contributed by atoms with E-state index in [4.69, 9.17) is 0 Å². The van der Waals surface area contributed by atoms with Crippen LogP contribution in [0.25, 0.3) is 5.65 Å². The monoisotopic (exact) mass is 234 g/mol. The number of rotatable bonds is 1. The van der Waals surface area contributed by atoms with Gasteiger partial charge in [0.05, 0.1) is 11.9 Å². The maximum absolute atomic E-state index is 9.40. The second-order valence-corrected chi connectivity index (χ2v) is 5.38. The second kappa shape index (κ2) is 4.01. The quantitative estimate of drug-likeness (QED) is 0.824. The van der Waals surface area contributed by atoms with Crippen molar-refractivity contribution in [3.05, 3.63) is 30.2 Å². The lowest BCUT2D eigenvalue weighted by Crippen LogP contribution is -2.08. The molecule has 0 aromatic carbocycles. The first kappa shape index (κ1) is 10.0. The highest BCUT2D eigenvalue weighted by atomic mass is 32.2. The Morgan fingerprint density at radius 2 is 2.31 bits per heavy atom. The maximum Gasteiger partial charge on any atom is 0.137 e. The summed E-state index contributed by atoms with van der Waals surface area (Å²) in [5.74, 6) is 3.33. The van der Waals surface area contributed by atoms with Crippen LogP contribution in [0, 0.1) is 0 Å². The number of thioether (sulfide) groups is 1. The molecule has 3 heterocycles. The number of nitrogens with zero attached hydrogens (tertiary/aromatic N) is 2. The first-order chi connectivity index (χ1) is 7.83. The van der Waals surface area contributed by atoms with E-state index >= 15 is 0 Å². The average molecular weight is 234 g/mol. The highest BCUT2D eigenvalue weighted by Crippen LogP contribution is 2.30. The van der Waals surface area contributed by atoms with E-state index < -0.39 is 0 Å². The molecule has 1 saturated heterocycles. The van der Waals surface area contributed by atoms with Crippen molar-refractivity contribution in [2.24, 2.45) is 0 Å². The van der Waals surface area contributed by atoms with Crippen molar-refractivity contribution in [1.29, 1.82) is 0 Å². The van der Waals surface area contributed by atoms with Crippen LogP contribution in [0.1, 0.15) is 24.5 Å². The van der Waals surface area contributed by atoms with Gasteiger partial charge in [-0.15, -0.1) is 0 Å². The fourth-order valence-electron chi connectivity index (χ4n) is 2.17. The predicted octanol–water partition coefficient (Wildman–Crippen LogP) is 2.65. The summed E-state index contributed by atoms with van der Waals surface area (Å²) in [6.07, 6.45) is 6.28. The number of hydrogen-bond donors (Lipinski definition) is 1. The molecule has 0 aliphatic carbocycles. The summed E-state index contributed by atoms with van der Waals surface area (Å²) < 4.78 is 1.91. The molecular weight excluding hydrogens is 220 g/mol. The maximum atomic E-state index is 9.40. The van der Waals surface area contributed by atoms with E-state index in [0.29, 0.717) is 5.92 Å². The third-order valence-corrected chi connectivity index (χ3v) is 4.25. The summed E-state index contributed by atoms with van der Waals surface area (Å²) in [5, 5.41) is 9.40. The van der Waals surface area contributed by atoms with Crippen molar-refractivity contribution in [1.82, 2.24) is 9.38 Å². The van der Waals surface area contributed by atoms with Crippen molar-refractivity contribution in [3.63, 3.8) is 0 Å². The van der Waals surface area contributed by atoms with Gasteiger partial charge < -0.3 is 9.51 Å². The summed E-state index contributed by atoms with van der Waals surface area (Å²) in [6, 6.07) is 3.54. The number of aromatic hydroxyl groups is 1. The fourth-order valence-corrected chi connectivity index (χ4v) is 3.33. The van der Waals surface area contributed by atoms with Crippen LogP contribution in [0.3, 0.4) is 0 Å². The van der Waals surface area contributed by atoms with Gasteiger partial charge in [0.25, 0.3) is 0 Å². The Morgan fingerprint density at radius 3 is 3.12 bits per heavy atom. The first-order valence-corrected chi connectivity index (χ1v) is 6.74. The summed E-state index contributed by atoms with van der Waals surface area (Å²) in [4.78, 5) is 4.62. The number of hydrogen-bond acceptors (Lipinski definition) is 3. The van der Waals surface area contributed by atoms with Gasteiger partial charge in [0.1, 0.15) is 11.4 Å². The minimum Gasteiger partial charge on any atom is -0.506 e. The summed E-state index contributed by atoms with van der Waals surface area (Å²) in [7, 11) is 0. The van der Waals surface area contributed by atoms with Crippen molar-refractivity contribution < 1.29 is 5.11 Å². The zero-order chi connectivity index (χ0) is 11.0. The Bertz CT molecular complexity index is 503. The topological polar surface area (TPSA) is 37.5 Å². The molecule has 1 N–H and O–H groups in total. The van der Waals surface area contributed by atoms with Crippen LogP contribution in [-0.2, 0) is 0 Å². The largest absolute Gasteiger partial charge is 0.506 e. The van der Waals surface area contributed by atoms with Gasteiger partial charge >= 0.3 is 0 Å². The molecule has 1 atom stereocenters. The molecule has 1 fully saturated rings. The number of pyridine rings is 1. The zero-order valence-corrected chi connectivity index (χ0v) is 9.78. The summed E-state index contributed by atoms with van der Waals surface area (Å²) in [5.41, 5.74) is 2.08. The fraction of sp³-hybridized carbons (Fsp3) is 0.417. The Balaban J connectivity index is 1.97. The van der Waals surface area contributed by atoms with Gasteiger partial charge in [-0.25, -0.2) is 4.98 Å². The molecule has 0 bridgehead atoms. The Labute approximate surface area is 98.5 Å². The Kier molecular flexibility index (Phi) is 2.52. The minimum atomic E-state index is 0.287. The Hall–Kier alpha value is -1.16. The van der Waals surface area contributed by atoms with Crippen molar-refractivity contribution >= 4 is 17.4 Å². The lowest BCUT2D eigenvalue weighted by atomic mass is 10.0. The lowest BCUT2D eigenvalue weighted by molar-refractivity contribution is 0.472. The van der Waals surface area contributed by atoms with Gasteiger partial charge in [0, 0.05) is 17.9 Å². The van der Waals surface area contributed by atoms with Crippen LogP contribution in [0.5, 0.6) is 5.75 Å². The molecule has 16 heavy (non-hydrogen) atoms. The van der Waals surface area contributed by atoms with Crippen LogP contribution in [0.4, 0.5) is 0 Å². The molecule has 2 aromatic heterocycles. The average Bonchev–Trinajstić information content (AvgIpc) is 2.73. The minimum absolute atomic E-state index is 0.287. The van der Waals surface area contributed by atoms with Gasteiger partial charge in [-0.1, -0.05) is 0 Å². The van der Waals surface area contributed by atoms with Crippen molar-refractivity contribution in [2.45, 2.75) is 18.8 Å². The molecule has 84 valence electrons. The van der Waals surface area contributed by atoms with Gasteiger partial charge in [-0.2, -0.15) is 11.8 Å². The van der Waals surface area contributed by atoms with E-state index in [1.165, 1.54) is 24.3 Å². The van der Waals surface area contributed by atoms with E-state index in [0.717, 1.165) is 11.3 Å². The second-order valence-electron chi connectivity index (χ2n) is 4.23. The highest BCUT2D eigenvalue weighted by Gasteiger charge is 2.18. The molecule has 2 aromatic rings. The van der Waals surface area contributed by atoms with Crippen molar-refractivity contribution in [2.75, 3.05) is 11.5 Å².